The second-order valence-electron chi connectivity index (χ2n) is 7.48. The topological polar surface area (TPSA) is 57.1 Å². The molecule has 1 atom stereocenters. The van der Waals surface area contributed by atoms with Gasteiger partial charge in [0.25, 0.3) is 0 Å². The van der Waals surface area contributed by atoms with Crippen LogP contribution in [0.3, 0.4) is 0 Å². The molecule has 0 bridgehead atoms. The molecular formula is C26H43N3O. The van der Waals surface area contributed by atoms with E-state index < -0.39 is 0 Å². The Hall–Kier alpha value is -2.17. The first kappa shape index (κ1) is 27.8. The zero-order valence-corrected chi connectivity index (χ0v) is 20.1. The van der Waals surface area contributed by atoms with E-state index in [1.54, 1.807) is 13.2 Å². The van der Waals surface area contributed by atoms with E-state index in [4.69, 9.17) is 10.1 Å². The van der Waals surface area contributed by atoms with Gasteiger partial charge in [-0.2, -0.15) is 0 Å². The van der Waals surface area contributed by atoms with Gasteiger partial charge < -0.3 is 15.4 Å². The minimum atomic E-state index is 0.404. The second kappa shape index (κ2) is 15.6. The Morgan fingerprint density at radius 2 is 1.77 bits per heavy atom. The quantitative estimate of drug-likeness (QED) is 0.168. The third kappa shape index (κ3) is 9.55. The van der Waals surface area contributed by atoms with Crippen molar-refractivity contribution < 1.29 is 4.74 Å². The average molecular weight is 414 g/mol. The van der Waals surface area contributed by atoms with E-state index >= 15 is 0 Å². The molecule has 1 unspecified atom stereocenters. The Morgan fingerprint density at radius 3 is 2.27 bits per heavy atom. The van der Waals surface area contributed by atoms with Crippen LogP contribution in [0, 0.1) is 5.41 Å². The maximum absolute atomic E-state index is 8.67. The zero-order chi connectivity index (χ0) is 23.1. The van der Waals surface area contributed by atoms with Crippen LogP contribution in [0.4, 0.5) is 0 Å². The molecule has 0 spiro atoms. The normalized spacial score (nSPS) is 14.4. The molecule has 0 aliphatic carbocycles. The van der Waals surface area contributed by atoms with Crippen molar-refractivity contribution >= 4 is 5.71 Å². The molecule has 0 rings (SSSR count). The highest BCUT2D eigenvalue weighted by Gasteiger charge is 2.10. The number of ether oxygens (including phenoxy) is 1. The zero-order valence-electron chi connectivity index (χ0n) is 20.1. The third-order valence-corrected chi connectivity index (χ3v) is 5.32. The monoisotopic (exact) mass is 413 g/mol. The summed E-state index contributed by atoms with van der Waals surface area (Å²) < 4.78 is 5.22. The van der Waals surface area contributed by atoms with Gasteiger partial charge in [0.1, 0.15) is 0 Å². The predicted molar refractivity (Wildman–Crippen MR) is 133 cm³/mol. The largest absolute Gasteiger partial charge is 0.388 e. The molecule has 0 saturated carbocycles. The molecule has 0 radical (unpaired) electrons. The molecule has 0 heterocycles. The lowest BCUT2D eigenvalue weighted by Gasteiger charge is -2.17. The SMILES string of the molecule is C=C/C(C)=C(/C=C(\C=C)C(=N)/C(C)=C(\C)NCCCNC(CC)COC)C(=C)CC. The average Bonchev–Trinajstić information content (AvgIpc) is 2.76. The summed E-state index contributed by atoms with van der Waals surface area (Å²) in [4.78, 5) is 0. The van der Waals surface area contributed by atoms with Gasteiger partial charge in [-0.3, -0.25) is 5.41 Å². The van der Waals surface area contributed by atoms with E-state index in [1.165, 1.54) is 0 Å². The Morgan fingerprint density at radius 1 is 1.10 bits per heavy atom. The van der Waals surface area contributed by atoms with Gasteiger partial charge >= 0.3 is 0 Å². The van der Waals surface area contributed by atoms with Crippen molar-refractivity contribution in [2.45, 2.75) is 59.9 Å². The smallest absolute Gasteiger partial charge is 0.0658 e. The van der Waals surface area contributed by atoms with Gasteiger partial charge in [-0.05, 0) is 80.5 Å². The van der Waals surface area contributed by atoms with Crippen molar-refractivity contribution in [3.05, 3.63) is 71.5 Å². The summed E-state index contributed by atoms with van der Waals surface area (Å²) in [5.41, 5.74) is 6.29. The van der Waals surface area contributed by atoms with Crippen LogP contribution < -0.4 is 10.6 Å². The highest BCUT2D eigenvalue weighted by molar-refractivity contribution is 6.12. The van der Waals surface area contributed by atoms with Crippen LogP contribution in [0.25, 0.3) is 0 Å². The molecule has 0 aliphatic heterocycles. The lowest BCUT2D eigenvalue weighted by Crippen LogP contribution is -2.34. The summed E-state index contributed by atoms with van der Waals surface area (Å²) in [6.45, 7) is 24.8. The number of allylic oxidation sites excluding steroid dienone is 9. The molecule has 3 N–H and O–H groups in total. The van der Waals surface area contributed by atoms with E-state index in [9.17, 15) is 0 Å². The van der Waals surface area contributed by atoms with Crippen molar-refractivity contribution in [2.75, 3.05) is 26.8 Å². The van der Waals surface area contributed by atoms with Crippen molar-refractivity contribution in [1.82, 2.24) is 10.6 Å². The van der Waals surface area contributed by atoms with Crippen molar-refractivity contribution in [3.8, 4) is 0 Å². The minimum Gasteiger partial charge on any atom is -0.388 e. The van der Waals surface area contributed by atoms with Crippen LogP contribution >= 0.6 is 0 Å². The summed E-state index contributed by atoms with van der Waals surface area (Å²) in [6.07, 6.45) is 8.48. The lowest BCUT2D eigenvalue weighted by atomic mass is 9.94. The molecule has 4 heteroatoms. The van der Waals surface area contributed by atoms with Crippen LogP contribution in [0.5, 0.6) is 0 Å². The molecule has 4 nitrogen and oxygen atoms in total. The van der Waals surface area contributed by atoms with Crippen molar-refractivity contribution in [3.63, 3.8) is 0 Å². The van der Waals surface area contributed by atoms with Crippen LogP contribution in [-0.4, -0.2) is 38.6 Å². The summed E-state index contributed by atoms with van der Waals surface area (Å²) in [6, 6.07) is 0.404. The number of nitrogens with one attached hydrogen (secondary N) is 3. The van der Waals surface area contributed by atoms with Gasteiger partial charge in [-0.1, -0.05) is 45.7 Å². The van der Waals surface area contributed by atoms with Crippen LogP contribution in [0.2, 0.25) is 0 Å². The van der Waals surface area contributed by atoms with Gasteiger partial charge in [-0.15, -0.1) is 0 Å². The molecule has 0 amide bonds. The standard InChI is InChI=1S/C26H43N3O/c1-10-19(5)25(20(6)11-2)17-23(12-3)26(27)21(7)22(8)28-15-14-16-29-24(13-4)18-30-9/h10,12,17,24,27-29H,1,3,6,11,13-16,18H2,2,4-5,7-9H3/b22-21+,23-17+,25-19-,27-26?. The molecule has 0 saturated heterocycles. The molecule has 0 fully saturated rings. The number of rotatable bonds is 16. The van der Waals surface area contributed by atoms with Crippen molar-refractivity contribution in [2.24, 2.45) is 0 Å². The number of hydrogen-bond acceptors (Lipinski definition) is 4. The van der Waals surface area contributed by atoms with E-state index in [2.05, 4.69) is 44.2 Å². The maximum Gasteiger partial charge on any atom is 0.0658 e. The minimum absolute atomic E-state index is 0.404. The molecule has 0 aromatic carbocycles. The molecular weight excluding hydrogens is 370 g/mol. The molecule has 168 valence electrons. The highest BCUT2D eigenvalue weighted by Crippen LogP contribution is 2.22. The van der Waals surface area contributed by atoms with E-state index in [-0.39, 0.29) is 0 Å². The van der Waals surface area contributed by atoms with Gasteiger partial charge in [0, 0.05) is 25.4 Å². The van der Waals surface area contributed by atoms with Crippen molar-refractivity contribution in [1.29, 1.82) is 5.41 Å². The maximum atomic E-state index is 8.67. The first-order chi connectivity index (χ1) is 14.3. The van der Waals surface area contributed by atoms with E-state index in [0.29, 0.717) is 11.8 Å². The van der Waals surface area contributed by atoms with E-state index in [0.717, 1.165) is 72.5 Å². The summed E-state index contributed by atoms with van der Waals surface area (Å²) >= 11 is 0. The van der Waals surface area contributed by atoms with Crippen LogP contribution in [0.1, 0.15) is 53.9 Å². The van der Waals surface area contributed by atoms with Gasteiger partial charge in [0.05, 0.1) is 12.3 Å². The van der Waals surface area contributed by atoms with Gasteiger partial charge in [0.15, 0.2) is 0 Å². The fourth-order valence-corrected chi connectivity index (χ4v) is 2.91. The van der Waals surface area contributed by atoms with Gasteiger partial charge in [0.2, 0.25) is 0 Å². The summed E-state index contributed by atoms with van der Waals surface area (Å²) in [5, 5.41) is 15.6. The van der Waals surface area contributed by atoms with Gasteiger partial charge in [-0.25, -0.2) is 0 Å². The van der Waals surface area contributed by atoms with E-state index in [1.807, 2.05) is 32.9 Å². The fourth-order valence-electron chi connectivity index (χ4n) is 2.91. The molecule has 0 aromatic heterocycles. The second-order valence-corrected chi connectivity index (χ2v) is 7.48. The molecule has 0 aliphatic rings. The third-order valence-electron chi connectivity index (χ3n) is 5.32. The molecule has 30 heavy (non-hydrogen) atoms. The molecule has 0 aromatic rings. The first-order valence-electron chi connectivity index (χ1n) is 10.9. The fraction of sp³-hybridized carbons (Fsp3) is 0.500. The first-order valence-corrected chi connectivity index (χ1v) is 10.9. The Kier molecular flexibility index (Phi) is 14.5. The summed E-state index contributed by atoms with van der Waals surface area (Å²) in [5.74, 6) is 0. The Balaban J connectivity index is 5.15. The Labute approximate surface area is 185 Å². The Bertz CT molecular complexity index is 695. The van der Waals surface area contributed by atoms with Crippen LogP contribution in [0.15, 0.2) is 71.5 Å². The lowest BCUT2D eigenvalue weighted by molar-refractivity contribution is 0.164. The predicted octanol–water partition coefficient (Wildman–Crippen LogP) is 5.88. The summed E-state index contributed by atoms with van der Waals surface area (Å²) in [7, 11) is 1.74. The van der Waals surface area contributed by atoms with Crippen LogP contribution in [-0.2, 0) is 4.74 Å². The number of hydrogen-bond donors (Lipinski definition) is 3. The number of methoxy groups -OCH3 is 1. The highest BCUT2D eigenvalue weighted by atomic mass is 16.5.